The van der Waals surface area contributed by atoms with E-state index < -0.39 is 23.8 Å². The summed E-state index contributed by atoms with van der Waals surface area (Å²) in [5.74, 6) is -2.13. The number of furan rings is 1. The SMILES string of the molecule is O=C1NC(=O)C(=Cc2ccc(-c3cccc(C(=O)O)c3)o2)C(=O)N1. The molecule has 120 valence electrons. The van der Waals surface area contributed by atoms with Crippen molar-refractivity contribution in [1.29, 1.82) is 0 Å². The van der Waals surface area contributed by atoms with Crippen molar-refractivity contribution in [1.82, 2.24) is 10.6 Å². The maximum atomic E-state index is 11.6. The van der Waals surface area contributed by atoms with E-state index in [0.29, 0.717) is 11.3 Å². The van der Waals surface area contributed by atoms with Crippen LogP contribution in [-0.4, -0.2) is 28.9 Å². The number of hydrogen-bond acceptors (Lipinski definition) is 5. The second-order valence-electron chi connectivity index (χ2n) is 4.88. The molecule has 1 aromatic carbocycles. The minimum Gasteiger partial charge on any atom is -0.478 e. The minimum atomic E-state index is -1.06. The summed E-state index contributed by atoms with van der Waals surface area (Å²) >= 11 is 0. The number of barbiturate groups is 1. The number of amides is 4. The molecule has 1 fully saturated rings. The predicted octanol–water partition coefficient (Wildman–Crippen LogP) is 1.39. The van der Waals surface area contributed by atoms with Gasteiger partial charge in [0.25, 0.3) is 11.8 Å². The second-order valence-corrected chi connectivity index (χ2v) is 4.88. The molecule has 0 spiro atoms. The summed E-state index contributed by atoms with van der Waals surface area (Å²) in [6, 6.07) is 8.35. The predicted molar refractivity (Wildman–Crippen MR) is 80.8 cm³/mol. The van der Waals surface area contributed by atoms with Crippen LogP contribution in [0.5, 0.6) is 0 Å². The smallest absolute Gasteiger partial charge is 0.335 e. The van der Waals surface area contributed by atoms with Gasteiger partial charge in [0.05, 0.1) is 5.56 Å². The Morgan fingerprint density at radius 2 is 1.75 bits per heavy atom. The number of carboxylic acid groups (broad SMARTS) is 1. The van der Waals surface area contributed by atoms with Crippen LogP contribution in [0.2, 0.25) is 0 Å². The average Bonchev–Trinajstić information content (AvgIpc) is 2.99. The minimum absolute atomic E-state index is 0.105. The summed E-state index contributed by atoms with van der Waals surface area (Å²) in [7, 11) is 0. The van der Waals surface area contributed by atoms with Gasteiger partial charge in [-0.2, -0.15) is 0 Å². The van der Waals surface area contributed by atoms with Crippen LogP contribution in [0.15, 0.2) is 46.4 Å². The maximum absolute atomic E-state index is 11.6. The van der Waals surface area contributed by atoms with E-state index >= 15 is 0 Å². The fourth-order valence-electron chi connectivity index (χ4n) is 2.14. The number of rotatable bonds is 3. The van der Waals surface area contributed by atoms with E-state index in [9.17, 15) is 19.2 Å². The molecule has 0 radical (unpaired) electrons. The molecule has 8 heteroatoms. The summed E-state index contributed by atoms with van der Waals surface area (Å²) in [5, 5.41) is 12.9. The molecule has 1 aliphatic rings. The molecule has 3 rings (SSSR count). The van der Waals surface area contributed by atoms with Gasteiger partial charge < -0.3 is 9.52 Å². The van der Waals surface area contributed by atoms with Gasteiger partial charge >= 0.3 is 12.0 Å². The molecule has 0 atom stereocenters. The number of aromatic carboxylic acids is 1. The van der Waals surface area contributed by atoms with Crippen LogP contribution < -0.4 is 10.6 Å². The van der Waals surface area contributed by atoms with E-state index in [4.69, 9.17) is 9.52 Å². The van der Waals surface area contributed by atoms with Gasteiger partial charge in [-0.05, 0) is 30.3 Å². The third-order valence-electron chi connectivity index (χ3n) is 3.25. The Morgan fingerprint density at radius 3 is 2.42 bits per heavy atom. The topological polar surface area (TPSA) is 126 Å². The summed E-state index contributed by atoms with van der Waals surface area (Å²) < 4.78 is 5.52. The molecule has 3 N–H and O–H groups in total. The van der Waals surface area contributed by atoms with Crippen LogP contribution >= 0.6 is 0 Å². The van der Waals surface area contributed by atoms with Crippen molar-refractivity contribution in [2.75, 3.05) is 0 Å². The van der Waals surface area contributed by atoms with E-state index in [-0.39, 0.29) is 16.9 Å². The second kappa shape index (κ2) is 5.84. The number of benzene rings is 1. The maximum Gasteiger partial charge on any atom is 0.335 e. The number of nitrogens with one attached hydrogen (secondary N) is 2. The summed E-state index contributed by atoms with van der Waals surface area (Å²) in [4.78, 5) is 45.3. The molecule has 8 nitrogen and oxygen atoms in total. The van der Waals surface area contributed by atoms with E-state index in [1.807, 2.05) is 10.6 Å². The van der Waals surface area contributed by atoms with Gasteiger partial charge in [0.15, 0.2) is 0 Å². The Morgan fingerprint density at radius 1 is 1.04 bits per heavy atom. The highest BCUT2D eigenvalue weighted by atomic mass is 16.4. The highest BCUT2D eigenvalue weighted by molar-refractivity contribution is 6.31. The van der Waals surface area contributed by atoms with Crippen LogP contribution in [0.25, 0.3) is 17.4 Å². The number of hydrogen-bond donors (Lipinski definition) is 3. The van der Waals surface area contributed by atoms with Crippen molar-refractivity contribution in [3.63, 3.8) is 0 Å². The van der Waals surface area contributed by atoms with Gasteiger partial charge in [0.2, 0.25) is 0 Å². The molecular formula is C16H10N2O6. The van der Waals surface area contributed by atoms with Crippen LogP contribution in [0.1, 0.15) is 16.1 Å². The zero-order valence-electron chi connectivity index (χ0n) is 12.0. The average molecular weight is 326 g/mol. The number of imide groups is 2. The first-order valence-electron chi connectivity index (χ1n) is 6.76. The fraction of sp³-hybridized carbons (Fsp3) is 0. The van der Waals surface area contributed by atoms with Crippen LogP contribution in [0.3, 0.4) is 0 Å². The van der Waals surface area contributed by atoms with Gasteiger partial charge in [-0.1, -0.05) is 12.1 Å². The third-order valence-corrected chi connectivity index (χ3v) is 3.25. The number of carbonyl (C=O) groups is 4. The molecule has 0 bridgehead atoms. The lowest BCUT2D eigenvalue weighted by Crippen LogP contribution is -2.51. The van der Waals surface area contributed by atoms with Crippen molar-refractivity contribution >= 4 is 29.9 Å². The van der Waals surface area contributed by atoms with Gasteiger partial charge in [-0.3, -0.25) is 20.2 Å². The van der Waals surface area contributed by atoms with E-state index in [0.717, 1.165) is 0 Å². The lowest BCUT2D eigenvalue weighted by atomic mass is 10.1. The first-order chi connectivity index (χ1) is 11.4. The molecule has 2 aromatic rings. The Hall–Kier alpha value is -3.68. The third kappa shape index (κ3) is 2.93. The number of carbonyl (C=O) groups excluding carboxylic acids is 3. The highest BCUT2D eigenvalue weighted by Gasteiger charge is 2.28. The van der Waals surface area contributed by atoms with Crippen molar-refractivity contribution in [2.45, 2.75) is 0 Å². The lowest BCUT2D eigenvalue weighted by Gasteiger charge is -2.13. The number of urea groups is 1. The molecule has 0 saturated carbocycles. The normalized spacial score (nSPS) is 14.2. The molecule has 24 heavy (non-hydrogen) atoms. The van der Waals surface area contributed by atoms with E-state index in [1.54, 1.807) is 18.2 Å². The molecule has 4 amide bonds. The first kappa shape index (κ1) is 15.2. The summed E-state index contributed by atoms with van der Waals surface area (Å²) in [5.41, 5.74) is 0.371. The molecule has 1 saturated heterocycles. The zero-order valence-corrected chi connectivity index (χ0v) is 12.0. The molecule has 2 heterocycles. The Balaban J connectivity index is 1.91. The molecule has 1 aliphatic heterocycles. The van der Waals surface area contributed by atoms with Crippen molar-refractivity contribution in [2.24, 2.45) is 0 Å². The lowest BCUT2D eigenvalue weighted by molar-refractivity contribution is -0.123. The molecule has 0 unspecified atom stereocenters. The molecule has 0 aliphatic carbocycles. The number of carboxylic acids is 1. The first-order valence-corrected chi connectivity index (χ1v) is 6.76. The molecular weight excluding hydrogens is 316 g/mol. The largest absolute Gasteiger partial charge is 0.478 e. The van der Waals surface area contributed by atoms with Crippen molar-refractivity contribution in [3.05, 3.63) is 53.3 Å². The molecule has 1 aromatic heterocycles. The van der Waals surface area contributed by atoms with Crippen molar-refractivity contribution < 1.29 is 28.7 Å². The van der Waals surface area contributed by atoms with E-state index in [1.165, 1.54) is 24.3 Å². The van der Waals surface area contributed by atoms with Crippen molar-refractivity contribution in [3.8, 4) is 11.3 Å². The monoisotopic (exact) mass is 326 g/mol. The van der Waals surface area contributed by atoms with Gasteiger partial charge in [0.1, 0.15) is 17.1 Å². The Labute approximate surface area is 134 Å². The van der Waals surface area contributed by atoms with Crippen LogP contribution in [-0.2, 0) is 9.59 Å². The van der Waals surface area contributed by atoms with Crippen LogP contribution in [0, 0.1) is 0 Å². The van der Waals surface area contributed by atoms with Gasteiger partial charge in [-0.25, -0.2) is 9.59 Å². The van der Waals surface area contributed by atoms with Crippen LogP contribution in [0.4, 0.5) is 4.79 Å². The summed E-state index contributed by atoms with van der Waals surface area (Å²) in [6.07, 6.45) is 1.20. The fourth-order valence-corrected chi connectivity index (χ4v) is 2.14. The summed E-state index contributed by atoms with van der Waals surface area (Å²) in [6.45, 7) is 0. The van der Waals surface area contributed by atoms with Gasteiger partial charge in [0, 0.05) is 5.56 Å². The highest BCUT2D eigenvalue weighted by Crippen LogP contribution is 2.24. The Bertz CT molecular complexity index is 887. The standard InChI is InChI=1S/C16H10N2O6/c19-13-11(14(20)18-16(23)17-13)7-10-4-5-12(24-10)8-2-1-3-9(6-8)15(21)22/h1-7H,(H,21,22)(H2,17,18,19,20,23). The quantitative estimate of drug-likeness (QED) is 0.578. The Kier molecular flexibility index (Phi) is 3.70. The zero-order chi connectivity index (χ0) is 17.3. The van der Waals surface area contributed by atoms with Gasteiger partial charge in [-0.15, -0.1) is 0 Å². The van der Waals surface area contributed by atoms with E-state index in [2.05, 4.69) is 0 Å².